The van der Waals surface area contributed by atoms with E-state index in [1.54, 1.807) is 16.8 Å². The Morgan fingerprint density at radius 1 is 1.35 bits per heavy atom. The van der Waals surface area contributed by atoms with Gasteiger partial charge in [-0.3, -0.25) is 9.59 Å². The van der Waals surface area contributed by atoms with Crippen molar-refractivity contribution in [2.75, 3.05) is 20.1 Å². The van der Waals surface area contributed by atoms with E-state index in [0.29, 0.717) is 19.5 Å². The molecule has 1 saturated heterocycles. The lowest BCUT2D eigenvalue weighted by molar-refractivity contribution is -0.174. The molecule has 2 aliphatic heterocycles. The Kier molecular flexibility index (Phi) is 3.82. The van der Waals surface area contributed by atoms with E-state index < -0.39 is 11.6 Å². The molecule has 0 radical (unpaired) electrons. The summed E-state index contributed by atoms with van der Waals surface area (Å²) in [5, 5.41) is 0. The van der Waals surface area contributed by atoms with Crippen LogP contribution in [-0.2, 0) is 9.59 Å². The summed E-state index contributed by atoms with van der Waals surface area (Å²) in [6.07, 6.45) is 0.643. The van der Waals surface area contributed by atoms with Crippen molar-refractivity contribution in [2.24, 2.45) is 5.92 Å². The number of fused-ring (bicyclic) bond motifs is 4. The number of likely N-dealkylation sites (tertiary alicyclic amines) is 1. The second-order valence-electron chi connectivity index (χ2n) is 6.51. The van der Waals surface area contributed by atoms with Crippen LogP contribution in [0.4, 0.5) is 0 Å². The molecule has 5 heteroatoms. The molecule has 1 fully saturated rings. The largest absolute Gasteiger partial charge is 0.468 e. The Labute approximate surface area is 137 Å². The minimum Gasteiger partial charge on any atom is -0.468 e. The molecular weight excluding hydrogens is 292 g/mol. The van der Waals surface area contributed by atoms with Crippen LogP contribution in [0.1, 0.15) is 38.7 Å². The third-order valence-electron chi connectivity index (χ3n) is 5.30. The third kappa shape index (κ3) is 2.30. The summed E-state index contributed by atoms with van der Waals surface area (Å²) in [5.74, 6) is -0.214. The van der Waals surface area contributed by atoms with Gasteiger partial charge in [0.05, 0.1) is 0 Å². The Morgan fingerprint density at radius 3 is 2.65 bits per heavy atom. The van der Waals surface area contributed by atoms with E-state index in [1.165, 1.54) is 0 Å². The average Bonchev–Trinajstić information content (AvgIpc) is 2.54. The number of hydrogen-bond donors (Lipinski definition) is 0. The zero-order valence-corrected chi connectivity index (χ0v) is 14.2. The number of amides is 2. The third-order valence-corrected chi connectivity index (χ3v) is 5.30. The highest BCUT2D eigenvalue weighted by Crippen LogP contribution is 2.49. The number of carbonyl (C=O) groups is 2. The van der Waals surface area contributed by atoms with Crippen molar-refractivity contribution >= 4 is 11.8 Å². The molecule has 0 aliphatic carbocycles. The number of carbonyl (C=O) groups excluding carboxylic acids is 2. The van der Waals surface area contributed by atoms with Crippen LogP contribution in [0.15, 0.2) is 24.3 Å². The number of rotatable bonds is 3. The van der Waals surface area contributed by atoms with Crippen LogP contribution in [0.2, 0.25) is 0 Å². The van der Waals surface area contributed by atoms with E-state index in [9.17, 15) is 9.59 Å². The van der Waals surface area contributed by atoms with Gasteiger partial charge in [-0.1, -0.05) is 18.2 Å². The molecule has 0 aromatic heterocycles. The van der Waals surface area contributed by atoms with Crippen LogP contribution < -0.4 is 4.74 Å². The molecule has 1 aromatic carbocycles. The second-order valence-corrected chi connectivity index (χ2v) is 6.51. The van der Waals surface area contributed by atoms with Crippen LogP contribution >= 0.6 is 0 Å². The minimum atomic E-state index is -0.684. The molecule has 1 aromatic rings. The molecule has 0 saturated carbocycles. The molecule has 3 atom stereocenters. The van der Waals surface area contributed by atoms with Crippen molar-refractivity contribution in [2.45, 2.75) is 38.8 Å². The quantitative estimate of drug-likeness (QED) is 0.804. The van der Waals surface area contributed by atoms with E-state index >= 15 is 0 Å². The van der Waals surface area contributed by atoms with Crippen LogP contribution in [0, 0.1) is 5.92 Å². The number of piperidine rings is 1. The Morgan fingerprint density at radius 2 is 2.00 bits per heavy atom. The van der Waals surface area contributed by atoms with Crippen LogP contribution in [0.25, 0.3) is 0 Å². The van der Waals surface area contributed by atoms with Gasteiger partial charge in [0.25, 0.3) is 0 Å². The molecule has 0 N–H and O–H groups in total. The van der Waals surface area contributed by atoms with Gasteiger partial charge >= 0.3 is 0 Å². The first-order chi connectivity index (χ1) is 10.9. The van der Waals surface area contributed by atoms with Gasteiger partial charge in [0.1, 0.15) is 11.7 Å². The maximum Gasteiger partial charge on any atom is 0.238 e. The number of nitrogens with zero attached hydrogens (tertiary/aromatic N) is 2. The van der Waals surface area contributed by atoms with Crippen LogP contribution in [0.5, 0.6) is 5.75 Å². The summed E-state index contributed by atoms with van der Waals surface area (Å²) in [6, 6.07) is 7.75. The summed E-state index contributed by atoms with van der Waals surface area (Å²) >= 11 is 0. The molecule has 0 spiro atoms. The molecule has 2 aliphatic rings. The minimum absolute atomic E-state index is 0.0735. The van der Waals surface area contributed by atoms with Gasteiger partial charge in [-0.25, -0.2) is 0 Å². The monoisotopic (exact) mass is 316 g/mol. The van der Waals surface area contributed by atoms with Crippen molar-refractivity contribution in [3.63, 3.8) is 0 Å². The SMILES string of the molecule is CCN(CC)C(=O)[C@@H]1C(=O)N(C)[C@@]2(C)C[C@H]1c1ccccc1O2. The standard InChI is InChI=1S/C18H24N2O3/c1-5-20(6-2)17(22)15-13-11-18(3,19(4)16(15)21)23-14-10-8-7-9-12(13)14/h7-10,13,15H,5-6,11H2,1-4H3/t13-,15-,18+/m0/s1. The van der Waals surface area contributed by atoms with Crippen molar-refractivity contribution < 1.29 is 14.3 Å². The van der Waals surface area contributed by atoms with Gasteiger partial charge in [-0.2, -0.15) is 0 Å². The van der Waals surface area contributed by atoms with Crippen LogP contribution in [0.3, 0.4) is 0 Å². The predicted molar refractivity (Wildman–Crippen MR) is 87.0 cm³/mol. The van der Waals surface area contributed by atoms with Gasteiger partial charge < -0.3 is 14.5 Å². The summed E-state index contributed by atoms with van der Waals surface area (Å²) in [7, 11) is 1.73. The lowest BCUT2D eigenvalue weighted by atomic mass is 9.73. The van der Waals surface area contributed by atoms with Gasteiger partial charge in [0.15, 0.2) is 5.72 Å². The van der Waals surface area contributed by atoms with Gasteiger partial charge in [0.2, 0.25) is 11.8 Å². The topological polar surface area (TPSA) is 49.9 Å². The lowest BCUT2D eigenvalue weighted by Gasteiger charge is -2.52. The maximum absolute atomic E-state index is 13.0. The Hall–Kier alpha value is -2.04. The Bertz CT molecular complexity index is 641. The fourth-order valence-electron chi connectivity index (χ4n) is 3.80. The number of benzene rings is 1. The van der Waals surface area contributed by atoms with Crippen LogP contribution in [-0.4, -0.2) is 47.5 Å². The summed E-state index contributed by atoms with van der Waals surface area (Å²) in [5.41, 5.74) is 0.285. The average molecular weight is 316 g/mol. The van der Waals surface area contributed by atoms with Crippen molar-refractivity contribution in [3.05, 3.63) is 29.8 Å². The molecule has 124 valence electrons. The molecule has 3 rings (SSSR count). The smallest absolute Gasteiger partial charge is 0.238 e. The molecule has 0 unspecified atom stereocenters. The van der Waals surface area contributed by atoms with Gasteiger partial charge in [0, 0.05) is 32.5 Å². The normalized spacial score (nSPS) is 28.9. The first kappa shape index (κ1) is 15.8. The molecule has 2 heterocycles. The van der Waals surface area contributed by atoms with E-state index in [-0.39, 0.29) is 17.7 Å². The van der Waals surface area contributed by atoms with E-state index in [2.05, 4.69) is 0 Å². The van der Waals surface area contributed by atoms with Crippen molar-refractivity contribution in [3.8, 4) is 5.75 Å². The highest BCUT2D eigenvalue weighted by atomic mass is 16.5. The van der Waals surface area contributed by atoms with E-state index in [1.807, 2.05) is 45.0 Å². The van der Waals surface area contributed by atoms with E-state index in [0.717, 1.165) is 11.3 Å². The van der Waals surface area contributed by atoms with Gasteiger partial charge in [-0.05, 0) is 32.4 Å². The summed E-state index contributed by atoms with van der Waals surface area (Å²) in [6.45, 7) is 7.04. The molecule has 2 bridgehead atoms. The predicted octanol–water partition coefficient (Wildman–Crippen LogP) is 2.23. The fraction of sp³-hybridized carbons (Fsp3) is 0.556. The lowest BCUT2D eigenvalue weighted by Crippen LogP contribution is -2.63. The fourth-order valence-corrected chi connectivity index (χ4v) is 3.80. The number of para-hydroxylation sites is 1. The number of ether oxygens (including phenoxy) is 1. The highest BCUT2D eigenvalue weighted by molar-refractivity contribution is 6.02. The van der Waals surface area contributed by atoms with Crippen molar-refractivity contribution in [1.82, 2.24) is 9.80 Å². The molecule has 2 amide bonds. The molecular formula is C18H24N2O3. The second kappa shape index (κ2) is 5.55. The molecule has 5 nitrogen and oxygen atoms in total. The first-order valence-electron chi connectivity index (χ1n) is 8.27. The summed E-state index contributed by atoms with van der Waals surface area (Å²) in [4.78, 5) is 29.2. The van der Waals surface area contributed by atoms with Gasteiger partial charge in [-0.15, -0.1) is 0 Å². The highest BCUT2D eigenvalue weighted by Gasteiger charge is 2.55. The molecule has 23 heavy (non-hydrogen) atoms. The zero-order chi connectivity index (χ0) is 16.8. The summed E-state index contributed by atoms with van der Waals surface area (Å²) < 4.78 is 6.09. The first-order valence-corrected chi connectivity index (χ1v) is 8.27. The zero-order valence-electron chi connectivity index (χ0n) is 14.2. The number of hydrogen-bond acceptors (Lipinski definition) is 3. The van der Waals surface area contributed by atoms with Crippen molar-refractivity contribution in [1.29, 1.82) is 0 Å². The Balaban J connectivity index is 2.08. The van der Waals surface area contributed by atoms with E-state index in [4.69, 9.17) is 4.74 Å². The maximum atomic E-state index is 13.0.